The zero-order chi connectivity index (χ0) is 14.5. The van der Waals surface area contributed by atoms with Gasteiger partial charge in [-0.25, -0.2) is 4.98 Å². The minimum absolute atomic E-state index is 0.302. The third-order valence-corrected chi connectivity index (χ3v) is 4.37. The van der Waals surface area contributed by atoms with Crippen molar-refractivity contribution in [2.75, 3.05) is 31.6 Å². The normalized spacial score (nSPS) is 21.7. The van der Waals surface area contributed by atoms with Crippen LogP contribution in [0.5, 0.6) is 0 Å². The molecular weight excluding hydrogens is 248 g/mol. The second-order valence-corrected chi connectivity index (χ2v) is 6.04. The van der Waals surface area contributed by atoms with E-state index in [4.69, 9.17) is 5.73 Å². The molecule has 112 valence electrons. The van der Waals surface area contributed by atoms with E-state index >= 15 is 0 Å². The molecule has 0 radical (unpaired) electrons. The first kappa shape index (κ1) is 15.3. The van der Waals surface area contributed by atoms with E-state index in [1.54, 1.807) is 0 Å². The Kier molecular flexibility index (Phi) is 5.38. The van der Waals surface area contributed by atoms with E-state index in [2.05, 4.69) is 47.8 Å². The molecule has 2 heterocycles. The van der Waals surface area contributed by atoms with E-state index in [0.717, 1.165) is 25.5 Å². The predicted molar refractivity (Wildman–Crippen MR) is 84.8 cm³/mol. The molecule has 2 atom stereocenters. The van der Waals surface area contributed by atoms with Crippen molar-refractivity contribution in [1.29, 1.82) is 0 Å². The second-order valence-electron chi connectivity index (χ2n) is 6.04. The van der Waals surface area contributed by atoms with Crippen LogP contribution < -0.4 is 10.6 Å². The smallest absolute Gasteiger partial charge is 0.128 e. The number of hydrogen-bond acceptors (Lipinski definition) is 4. The molecule has 1 saturated heterocycles. The van der Waals surface area contributed by atoms with Crippen LogP contribution in [0.2, 0.25) is 0 Å². The van der Waals surface area contributed by atoms with Crippen molar-refractivity contribution < 1.29 is 0 Å². The van der Waals surface area contributed by atoms with Crippen LogP contribution in [0.1, 0.15) is 32.3 Å². The Hall–Kier alpha value is -1.13. The standard InChI is InChI=1S/C16H28N4/c1-4-19(3)16-8-7-14(10-18-16)11-20-9-5-6-15(12-20)13(2)17/h7-8,10,13,15H,4-6,9,11-12,17H2,1-3H3. The second kappa shape index (κ2) is 7.04. The van der Waals surface area contributed by atoms with E-state index in [1.807, 2.05) is 6.20 Å². The Morgan fingerprint density at radius 2 is 2.30 bits per heavy atom. The SMILES string of the molecule is CCN(C)c1ccc(CN2CCCC(C(C)N)C2)cn1. The lowest BCUT2D eigenvalue weighted by atomic mass is 9.92. The maximum atomic E-state index is 6.05. The lowest BCUT2D eigenvalue weighted by Crippen LogP contribution is -2.41. The fourth-order valence-corrected chi connectivity index (χ4v) is 2.82. The molecule has 20 heavy (non-hydrogen) atoms. The maximum absolute atomic E-state index is 6.05. The molecule has 2 N–H and O–H groups in total. The summed E-state index contributed by atoms with van der Waals surface area (Å²) in [5.74, 6) is 1.69. The van der Waals surface area contributed by atoms with Gasteiger partial charge in [0.25, 0.3) is 0 Å². The predicted octanol–water partition coefficient (Wildman–Crippen LogP) is 2.10. The van der Waals surface area contributed by atoms with Gasteiger partial charge < -0.3 is 10.6 Å². The van der Waals surface area contributed by atoms with E-state index in [0.29, 0.717) is 12.0 Å². The number of piperidine rings is 1. The number of anilines is 1. The van der Waals surface area contributed by atoms with E-state index < -0.39 is 0 Å². The molecule has 0 bridgehead atoms. The van der Waals surface area contributed by atoms with Gasteiger partial charge in [0.1, 0.15) is 5.82 Å². The molecule has 4 nitrogen and oxygen atoms in total. The highest BCUT2D eigenvalue weighted by Crippen LogP contribution is 2.20. The highest BCUT2D eigenvalue weighted by atomic mass is 15.2. The van der Waals surface area contributed by atoms with Crippen LogP contribution in [0.15, 0.2) is 18.3 Å². The van der Waals surface area contributed by atoms with Crippen molar-refractivity contribution in [3.05, 3.63) is 23.9 Å². The number of nitrogens with zero attached hydrogens (tertiary/aromatic N) is 3. The first-order valence-electron chi connectivity index (χ1n) is 7.74. The Morgan fingerprint density at radius 1 is 1.50 bits per heavy atom. The summed E-state index contributed by atoms with van der Waals surface area (Å²) in [6.45, 7) is 8.54. The molecule has 0 spiro atoms. The minimum atomic E-state index is 0.302. The lowest BCUT2D eigenvalue weighted by molar-refractivity contribution is 0.154. The Labute approximate surface area is 123 Å². The topological polar surface area (TPSA) is 45.4 Å². The molecule has 2 unspecified atom stereocenters. The third-order valence-electron chi connectivity index (χ3n) is 4.37. The molecule has 4 heteroatoms. The number of likely N-dealkylation sites (tertiary alicyclic amines) is 1. The van der Waals surface area contributed by atoms with Gasteiger partial charge >= 0.3 is 0 Å². The molecule has 1 aromatic rings. The fourth-order valence-electron chi connectivity index (χ4n) is 2.82. The lowest BCUT2D eigenvalue weighted by Gasteiger charge is -2.34. The minimum Gasteiger partial charge on any atom is -0.360 e. The van der Waals surface area contributed by atoms with Crippen LogP contribution in [-0.4, -0.2) is 42.6 Å². The Balaban J connectivity index is 1.92. The van der Waals surface area contributed by atoms with Gasteiger partial charge in [0.15, 0.2) is 0 Å². The first-order chi connectivity index (χ1) is 9.60. The van der Waals surface area contributed by atoms with Gasteiger partial charge in [-0.2, -0.15) is 0 Å². The van der Waals surface area contributed by atoms with Crippen LogP contribution in [0, 0.1) is 5.92 Å². The average Bonchev–Trinajstić information content (AvgIpc) is 2.47. The molecule has 0 saturated carbocycles. The molecular formula is C16H28N4. The fraction of sp³-hybridized carbons (Fsp3) is 0.688. The Morgan fingerprint density at radius 3 is 2.90 bits per heavy atom. The van der Waals surface area contributed by atoms with Gasteiger partial charge in [-0.15, -0.1) is 0 Å². The highest BCUT2D eigenvalue weighted by Gasteiger charge is 2.22. The van der Waals surface area contributed by atoms with E-state index in [9.17, 15) is 0 Å². The first-order valence-corrected chi connectivity index (χ1v) is 7.74. The zero-order valence-electron chi connectivity index (χ0n) is 13.0. The molecule has 1 aliphatic heterocycles. The summed E-state index contributed by atoms with van der Waals surface area (Å²) in [5, 5.41) is 0. The molecule has 2 rings (SSSR count). The Bertz CT molecular complexity index is 401. The van der Waals surface area contributed by atoms with Crippen molar-refractivity contribution in [1.82, 2.24) is 9.88 Å². The van der Waals surface area contributed by atoms with Gasteiger partial charge in [0.05, 0.1) is 0 Å². The molecule has 0 aliphatic carbocycles. The van der Waals surface area contributed by atoms with Crippen molar-refractivity contribution in [2.24, 2.45) is 11.7 Å². The van der Waals surface area contributed by atoms with Crippen LogP contribution >= 0.6 is 0 Å². The number of rotatable bonds is 5. The molecule has 0 aromatic carbocycles. The summed E-state index contributed by atoms with van der Waals surface area (Å²) >= 11 is 0. The van der Waals surface area contributed by atoms with Crippen LogP contribution in [0.3, 0.4) is 0 Å². The number of aromatic nitrogens is 1. The van der Waals surface area contributed by atoms with Gasteiger partial charge in [-0.3, -0.25) is 4.90 Å². The third kappa shape index (κ3) is 3.93. The number of nitrogens with two attached hydrogens (primary N) is 1. The largest absolute Gasteiger partial charge is 0.360 e. The summed E-state index contributed by atoms with van der Waals surface area (Å²) in [4.78, 5) is 9.20. The number of pyridine rings is 1. The summed E-state index contributed by atoms with van der Waals surface area (Å²) < 4.78 is 0. The van der Waals surface area contributed by atoms with Crippen molar-refractivity contribution >= 4 is 5.82 Å². The van der Waals surface area contributed by atoms with Crippen molar-refractivity contribution in [2.45, 2.75) is 39.3 Å². The summed E-state index contributed by atoms with van der Waals surface area (Å²) in [6, 6.07) is 4.62. The summed E-state index contributed by atoms with van der Waals surface area (Å²) in [5.41, 5.74) is 7.34. The molecule has 1 fully saturated rings. The van der Waals surface area contributed by atoms with Gasteiger partial charge in [-0.1, -0.05) is 6.07 Å². The average molecular weight is 276 g/mol. The summed E-state index contributed by atoms with van der Waals surface area (Å²) in [7, 11) is 2.07. The molecule has 0 amide bonds. The maximum Gasteiger partial charge on any atom is 0.128 e. The van der Waals surface area contributed by atoms with E-state index in [1.165, 1.54) is 24.9 Å². The zero-order valence-corrected chi connectivity index (χ0v) is 13.0. The van der Waals surface area contributed by atoms with Gasteiger partial charge in [0.2, 0.25) is 0 Å². The van der Waals surface area contributed by atoms with Crippen LogP contribution in [0.4, 0.5) is 5.82 Å². The monoisotopic (exact) mass is 276 g/mol. The molecule has 1 aromatic heterocycles. The van der Waals surface area contributed by atoms with Crippen molar-refractivity contribution in [3.63, 3.8) is 0 Å². The number of hydrogen-bond donors (Lipinski definition) is 1. The van der Waals surface area contributed by atoms with Crippen LogP contribution in [-0.2, 0) is 6.54 Å². The molecule has 1 aliphatic rings. The van der Waals surface area contributed by atoms with Crippen LogP contribution in [0.25, 0.3) is 0 Å². The quantitative estimate of drug-likeness (QED) is 0.894. The van der Waals surface area contributed by atoms with Gasteiger partial charge in [-0.05, 0) is 50.8 Å². The van der Waals surface area contributed by atoms with Crippen molar-refractivity contribution in [3.8, 4) is 0 Å². The summed E-state index contributed by atoms with van der Waals surface area (Å²) in [6.07, 6.45) is 4.54. The van der Waals surface area contributed by atoms with E-state index in [-0.39, 0.29) is 0 Å². The van der Waals surface area contributed by atoms with Gasteiger partial charge in [0, 0.05) is 38.9 Å². The highest BCUT2D eigenvalue weighted by molar-refractivity contribution is 5.37.